The number of likely N-dealkylation sites (tertiary alicyclic amines) is 1. The van der Waals surface area contributed by atoms with Gasteiger partial charge >= 0.3 is 6.03 Å². The Morgan fingerprint density at radius 2 is 1.67 bits per heavy atom. The number of urea groups is 1. The molecule has 1 saturated carbocycles. The topological polar surface area (TPSA) is 69.7 Å². The van der Waals surface area contributed by atoms with Crippen LogP contribution < -0.4 is 5.32 Å². The molecular formula is C18H29N3O3. The Balaban J connectivity index is 1.67. The summed E-state index contributed by atoms with van der Waals surface area (Å²) in [6, 6.07) is -0.395. The van der Waals surface area contributed by atoms with E-state index in [0.717, 1.165) is 50.1 Å². The molecule has 0 bridgehead atoms. The molecule has 2 aliphatic heterocycles. The van der Waals surface area contributed by atoms with E-state index in [2.05, 4.69) is 19.2 Å². The van der Waals surface area contributed by atoms with Crippen molar-refractivity contribution in [2.45, 2.75) is 64.3 Å². The minimum Gasteiger partial charge on any atom is -0.341 e. The maximum Gasteiger partial charge on any atom is 0.325 e. The Bertz CT molecular complexity index is 516. The van der Waals surface area contributed by atoms with Crippen LogP contribution in [0, 0.1) is 11.8 Å². The molecule has 0 unspecified atom stereocenters. The zero-order valence-electron chi connectivity index (χ0n) is 14.8. The molecule has 0 aromatic carbocycles. The normalized spacial score (nSPS) is 30.4. The third-order valence-corrected chi connectivity index (χ3v) is 5.72. The SMILES string of the molecule is C[C@@H]1C[C@@H](C)CN(C(=O)CN2C(=O)NC3(CCCCCC3)C2=O)C1. The quantitative estimate of drug-likeness (QED) is 0.786. The average molecular weight is 335 g/mol. The van der Waals surface area contributed by atoms with Gasteiger partial charge in [-0.15, -0.1) is 0 Å². The van der Waals surface area contributed by atoms with E-state index in [1.807, 2.05) is 4.90 Å². The van der Waals surface area contributed by atoms with Crippen LogP contribution in [0.4, 0.5) is 4.79 Å². The molecule has 6 nitrogen and oxygen atoms in total. The molecule has 2 atom stereocenters. The molecule has 3 aliphatic rings. The molecule has 3 rings (SSSR count). The lowest BCUT2D eigenvalue weighted by atomic mass is 9.90. The van der Waals surface area contributed by atoms with Crippen LogP contribution in [0.3, 0.4) is 0 Å². The Labute approximate surface area is 143 Å². The predicted octanol–water partition coefficient (Wildman–Crippen LogP) is 2.14. The summed E-state index contributed by atoms with van der Waals surface area (Å²) in [6.07, 6.45) is 6.63. The predicted molar refractivity (Wildman–Crippen MR) is 90.2 cm³/mol. The Morgan fingerprint density at radius 1 is 1.08 bits per heavy atom. The van der Waals surface area contributed by atoms with Gasteiger partial charge in [-0.3, -0.25) is 14.5 Å². The van der Waals surface area contributed by atoms with Gasteiger partial charge in [-0.25, -0.2) is 4.79 Å². The highest BCUT2D eigenvalue weighted by atomic mass is 16.2. The van der Waals surface area contributed by atoms with Gasteiger partial charge in [0.05, 0.1) is 0 Å². The smallest absolute Gasteiger partial charge is 0.325 e. The Hall–Kier alpha value is -1.59. The van der Waals surface area contributed by atoms with Crippen molar-refractivity contribution in [1.82, 2.24) is 15.1 Å². The number of nitrogens with zero attached hydrogens (tertiary/aromatic N) is 2. The fourth-order valence-electron chi connectivity index (χ4n) is 4.59. The maximum absolute atomic E-state index is 12.9. The van der Waals surface area contributed by atoms with E-state index in [0.29, 0.717) is 24.7 Å². The van der Waals surface area contributed by atoms with Crippen LogP contribution in [-0.2, 0) is 9.59 Å². The molecule has 4 amide bonds. The van der Waals surface area contributed by atoms with Crippen LogP contribution in [0.2, 0.25) is 0 Å². The second kappa shape index (κ2) is 6.73. The van der Waals surface area contributed by atoms with Crippen molar-refractivity contribution in [2.75, 3.05) is 19.6 Å². The summed E-state index contributed by atoms with van der Waals surface area (Å²) >= 11 is 0. The standard InChI is InChI=1S/C18H29N3O3/c1-13-9-14(2)11-20(10-13)15(22)12-21-16(23)18(19-17(21)24)7-5-3-4-6-8-18/h13-14H,3-12H2,1-2H3,(H,19,24)/t13-,14-/m1/s1. The van der Waals surface area contributed by atoms with Crippen LogP contribution >= 0.6 is 0 Å². The van der Waals surface area contributed by atoms with Crippen molar-refractivity contribution >= 4 is 17.8 Å². The summed E-state index contributed by atoms with van der Waals surface area (Å²) in [4.78, 5) is 40.8. The van der Waals surface area contributed by atoms with Gasteiger partial charge in [-0.1, -0.05) is 39.5 Å². The van der Waals surface area contributed by atoms with Crippen molar-refractivity contribution < 1.29 is 14.4 Å². The highest BCUT2D eigenvalue weighted by Crippen LogP contribution is 2.32. The highest BCUT2D eigenvalue weighted by Gasteiger charge is 2.51. The number of carbonyl (C=O) groups excluding carboxylic acids is 3. The first-order valence-corrected chi connectivity index (χ1v) is 9.33. The molecule has 6 heteroatoms. The number of hydrogen-bond donors (Lipinski definition) is 1. The lowest BCUT2D eigenvalue weighted by Crippen LogP contribution is -2.49. The van der Waals surface area contributed by atoms with E-state index in [4.69, 9.17) is 0 Å². The minimum atomic E-state index is -0.754. The lowest BCUT2D eigenvalue weighted by Gasteiger charge is -2.35. The summed E-state index contributed by atoms with van der Waals surface area (Å²) in [6.45, 7) is 5.61. The van der Waals surface area contributed by atoms with E-state index in [1.165, 1.54) is 0 Å². The van der Waals surface area contributed by atoms with Crippen molar-refractivity contribution in [3.05, 3.63) is 0 Å². The van der Waals surface area contributed by atoms with Gasteiger partial charge in [-0.05, 0) is 31.1 Å². The lowest BCUT2D eigenvalue weighted by molar-refractivity contribution is -0.140. The van der Waals surface area contributed by atoms with Gasteiger partial charge in [-0.2, -0.15) is 0 Å². The van der Waals surface area contributed by atoms with Crippen LogP contribution in [0.15, 0.2) is 0 Å². The second-order valence-electron chi connectivity index (χ2n) is 8.06. The molecule has 24 heavy (non-hydrogen) atoms. The van der Waals surface area contributed by atoms with Crippen LogP contribution in [0.1, 0.15) is 58.8 Å². The van der Waals surface area contributed by atoms with E-state index in [1.54, 1.807) is 0 Å². The molecule has 1 N–H and O–H groups in total. The first-order chi connectivity index (χ1) is 11.4. The third kappa shape index (κ3) is 3.28. The minimum absolute atomic E-state index is 0.109. The van der Waals surface area contributed by atoms with E-state index in [-0.39, 0.29) is 18.4 Å². The zero-order chi connectivity index (χ0) is 17.3. The van der Waals surface area contributed by atoms with E-state index in [9.17, 15) is 14.4 Å². The summed E-state index contributed by atoms with van der Waals surface area (Å²) in [5, 5.41) is 2.90. The van der Waals surface area contributed by atoms with Crippen molar-refractivity contribution in [2.24, 2.45) is 11.8 Å². The number of nitrogens with one attached hydrogen (secondary N) is 1. The summed E-state index contributed by atoms with van der Waals surface area (Å²) in [7, 11) is 0. The highest BCUT2D eigenvalue weighted by molar-refractivity contribution is 6.09. The number of amides is 4. The molecule has 1 spiro atoms. The second-order valence-corrected chi connectivity index (χ2v) is 8.06. The number of hydrogen-bond acceptors (Lipinski definition) is 3. The third-order valence-electron chi connectivity index (χ3n) is 5.72. The molecule has 2 saturated heterocycles. The molecular weight excluding hydrogens is 306 g/mol. The van der Waals surface area contributed by atoms with Gasteiger partial charge < -0.3 is 10.2 Å². The molecule has 3 fully saturated rings. The summed E-state index contributed by atoms with van der Waals surface area (Å²) in [5.41, 5.74) is -0.754. The first-order valence-electron chi connectivity index (χ1n) is 9.33. The first kappa shape index (κ1) is 17.2. The Kier molecular flexibility index (Phi) is 4.83. The Morgan fingerprint density at radius 3 is 2.25 bits per heavy atom. The monoisotopic (exact) mass is 335 g/mol. The van der Waals surface area contributed by atoms with Gasteiger partial charge in [0.15, 0.2) is 0 Å². The molecule has 1 aliphatic carbocycles. The van der Waals surface area contributed by atoms with Gasteiger partial charge in [0.25, 0.3) is 5.91 Å². The van der Waals surface area contributed by atoms with Crippen LogP contribution in [0.5, 0.6) is 0 Å². The van der Waals surface area contributed by atoms with Crippen molar-refractivity contribution in [1.29, 1.82) is 0 Å². The van der Waals surface area contributed by atoms with Gasteiger partial charge in [0.2, 0.25) is 5.91 Å². The summed E-state index contributed by atoms with van der Waals surface area (Å²) < 4.78 is 0. The van der Waals surface area contributed by atoms with Crippen LogP contribution in [-0.4, -0.2) is 52.8 Å². The fourth-order valence-corrected chi connectivity index (χ4v) is 4.59. The average Bonchev–Trinajstić information content (AvgIpc) is 2.70. The maximum atomic E-state index is 12.9. The summed E-state index contributed by atoms with van der Waals surface area (Å²) in [5.74, 6) is 0.631. The van der Waals surface area contributed by atoms with Crippen molar-refractivity contribution in [3.63, 3.8) is 0 Å². The van der Waals surface area contributed by atoms with E-state index >= 15 is 0 Å². The van der Waals surface area contributed by atoms with E-state index < -0.39 is 11.6 Å². The van der Waals surface area contributed by atoms with Crippen molar-refractivity contribution in [3.8, 4) is 0 Å². The van der Waals surface area contributed by atoms with Gasteiger partial charge in [0, 0.05) is 13.1 Å². The molecule has 0 radical (unpaired) electrons. The fraction of sp³-hybridized carbons (Fsp3) is 0.833. The number of carbonyl (C=O) groups is 3. The largest absolute Gasteiger partial charge is 0.341 e. The molecule has 0 aromatic heterocycles. The molecule has 0 aromatic rings. The van der Waals surface area contributed by atoms with Crippen LogP contribution in [0.25, 0.3) is 0 Å². The molecule has 134 valence electrons. The number of piperidine rings is 1. The zero-order valence-corrected chi connectivity index (χ0v) is 14.8. The molecule has 2 heterocycles. The number of rotatable bonds is 2. The number of imide groups is 1. The van der Waals surface area contributed by atoms with Gasteiger partial charge in [0.1, 0.15) is 12.1 Å².